The summed E-state index contributed by atoms with van der Waals surface area (Å²) in [6.45, 7) is 0. The summed E-state index contributed by atoms with van der Waals surface area (Å²) in [4.78, 5) is -0.405. The molecule has 1 aromatic heterocycles. The van der Waals surface area contributed by atoms with Crippen LogP contribution in [-0.4, -0.2) is 13.1 Å². The number of aryl methyl sites for hydroxylation is 1. The number of halogens is 4. The van der Waals surface area contributed by atoms with Crippen molar-refractivity contribution in [2.45, 2.75) is 31.5 Å². The Morgan fingerprint density at radius 3 is 2.69 bits per heavy atom. The van der Waals surface area contributed by atoms with Crippen molar-refractivity contribution < 1.29 is 13.2 Å². The van der Waals surface area contributed by atoms with E-state index in [1.165, 1.54) is 0 Å². The van der Waals surface area contributed by atoms with Crippen molar-refractivity contribution in [2.24, 2.45) is 0 Å². The number of fused-ring (bicyclic) bond motifs is 1. The van der Waals surface area contributed by atoms with Gasteiger partial charge in [0.15, 0.2) is 0 Å². The molecule has 6 heteroatoms. The van der Waals surface area contributed by atoms with Crippen LogP contribution in [0.3, 0.4) is 0 Å². The van der Waals surface area contributed by atoms with Crippen LogP contribution in [0, 0.1) is 0 Å². The zero-order valence-corrected chi connectivity index (χ0v) is 10.4. The number of hydrogen-bond acceptors (Lipinski definition) is 2. The van der Waals surface area contributed by atoms with Crippen LogP contribution in [0.1, 0.15) is 22.4 Å². The number of likely N-dealkylation sites (N-methyl/N-ethyl adjacent to an activating group) is 1. The Kier molecular flexibility index (Phi) is 4.26. The minimum Gasteiger partial charge on any atom is -0.317 e. The van der Waals surface area contributed by atoms with Gasteiger partial charge in [-0.05, 0) is 42.8 Å². The summed E-state index contributed by atoms with van der Waals surface area (Å²) in [6.07, 6.45) is -2.00. The van der Waals surface area contributed by atoms with Gasteiger partial charge >= 0.3 is 6.18 Å². The van der Waals surface area contributed by atoms with Crippen molar-refractivity contribution in [2.75, 3.05) is 7.05 Å². The fourth-order valence-corrected chi connectivity index (χ4v) is 3.02. The number of alkyl halides is 3. The molecule has 0 amide bonds. The van der Waals surface area contributed by atoms with Crippen molar-refractivity contribution in [3.05, 3.63) is 21.4 Å². The van der Waals surface area contributed by atoms with E-state index in [4.69, 9.17) is 0 Å². The molecule has 1 nitrogen and oxygen atoms in total. The van der Waals surface area contributed by atoms with Crippen molar-refractivity contribution >= 4 is 23.7 Å². The smallest absolute Gasteiger partial charge is 0.317 e. The third kappa shape index (κ3) is 2.52. The van der Waals surface area contributed by atoms with E-state index in [1.54, 1.807) is 12.4 Å². The third-order valence-corrected chi connectivity index (χ3v) is 3.98. The van der Waals surface area contributed by atoms with Crippen LogP contribution >= 0.6 is 23.7 Å². The normalized spacial score (nSPS) is 20.1. The molecule has 1 aliphatic rings. The molecule has 1 atom stereocenters. The maximum absolute atomic E-state index is 12.6. The van der Waals surface area contributed by atoms with Crippen molar-refractivity contribution in [1.82, 2.24) is 5.32 Å². The molecule has 0 aliphatic heterocycles. The Morgan fingerprint density at radius 1 is 1.44 bits per heavy atom. The molecule has 16 heavy (non-hydrogen) atoms. The van der Waals surface area contributed by atoms with Gasteiger partial charge in [-0.2, -0.15) is 13.2 Å². The second-order valence-electron chi connectivity index (χ2n) is 3.79. The predicted molar refractivity (Wildman–Crippen MR) is 61.4 cm³/mol. The first kappa shape index (κ1) is 13.8. The van der Waals surface area contributed by atoms with Gasteiger partial charge in [-0.25, -0.2) is 0 Å². The fourth-order valence-electron chi connectivity index (χ4n) is 2.01. The van der Waals surface area contributed by atoms with Gasteiger partial charge in [0.2, 0.25) is 0 Å². The number of nitrogens with one attached hydrogen (secondary N) is 1. The molecular formula is C10H13ClF3NS. The SMILES string of the molecule is CNC1CCc2csc(C(F)(F)F)c2C1.Cl. The zero-order chi connectivity index (χ0) is 11.1. The molecular weight excluding hydrogens is 259 g/mol. The van der Waals surface area contributed by atoms with Gasteiger partial charge in [-0.1, -0.05) is 0 Å². The summed E-state index contributed by atoms with van der Waals surface area (Å²) in [7, 11) is 1.80. The van der Waals surface area contributed by atoms with Gasteiger partial charge in [0.1, 0.15) is 4.88 Å². The summed E-state index contributed by atoms with van der Waals surface area (Å²) in [5, 5.41) is 4.71. The Morgan fingerprint density at radius 2 is 2.12 bits per heavy atom. The van der Waals surface area contributed by atoms with E-state index in [-0.39, 0.29) is 18.4 Å². The maximum atomic E-state index is 12.6. The van der Waals surface area contributed by atoms with Crippen LogP contribution in [-0.2, 0) is 19.0 Å². The summed E-state index contributed by atoms with van der Waals surface area (Å²) in [5.74, 6) is 0. The lowest BCUT2D eigenvalue weighted by Crippen LogP contribution is -2.31. The van der Waals surface area contributed by atoms with Crippen LogP contribution in [0.2, 0.25) is 0 Å². The molecule has 2 rings (SSSR count). The van der Waals surface area contributed by atoms with E-state index in [2.05, 4.69) is 5.32 Å². The minimum atomic E-state index is -4.19. The van der Waals surface area contributed by atoms with Crippen LogP contribution < -0.4 is 5.32 Å². The fraction of sp³-hybridized carbons (Fsp3) is 0.600. The van der Waals surface area contributed by atoms with E-state index < -0.39 is 11.1 Å². The molecule has 0 fully saturated rings. The predicted octanol–water partition coefficient (Wildman–Crippen LogP) is 3.27. The van der Waals surface area contributed by atoms with E-state index in [1.807, 2.05) is 0 Å². The average Bonchev–Trinajstić information content (AvgIpc) is 2.59. The highest BCUT2D eigenvalue weighted by atomic mass is 35.5. The zero-order valence-electron chi connectivity index (χ0n) is 8.73. The van der Waals surface area contributed by atoms with E-state index >= 15 is 0 Å². The molecule has 1 aliphatic carbocycles. The third-order valence-electron chi connectivity index (χ3n) is 2.86. The Hall–Kier alpha value is -0.260. The van der Waals surface area contributed by atoms with Crippen molar-refractivity contribution in [1.29, 1.82) is 0 Å². The summed E-state index contributed by atoms with van der Waals surface area (Å²) < 4.78 is 37.9. The highest BCUT2D eigenvalue weighted by molar-refractivity contribution is 7.10. The molecule has 0 radical (unpaired) electrons. The van der Waals surface area contributed by atoms with Gasteiger partial charge in [0.05, 0.1) is 0 Å². The Bertz CT molecular complexity index is 361. The molecule has 92 valence electrons. The van der Waals surface area contributed by atoms with Gasteiger partial charge in [-0.15, -0.1) is 23.7 Å². The first-order valence-corrected chi connectivity index (χ1v) is 5.74. The molecule has 1 unspecified atom stereocenters. The highest BCUT2D eigenvalue weighted by Gasteiger charge is 2.37. The molecule has 0 saturated carbocycles. The van der Waals surface area contributed by atoms with Gasteiger partial charge in [-0.3, -0.25) is 0 Å². The molecule has 1 heterocycles. The highest BCUT2D eigenvalue weighted by Crippen LogP contribution is 2.40. The van der Waals surface area contributed by atoms with Crippen LogP contribution in [0.5, 0.6) is 0 Å². The summed E-state index contributed by atoms with van der Waals surface area (Å²) in [6, 6.07) is 0.188. The topological polar surface area (TPSA) is 12.0 Å². The Labute approximate surface area is 102 Å². The van der Waals surface area contributed by atoms with Crippen LogP contribution in [0.4, 0.5) is 13.2 Å². The quantitative estimate of drug-likeness (QED) is 0.827. The lowest BCUT2D eigenvalue weighted by atomic mass is 9.90. The van der Waals surface area contributed by atoms with E-state index in [9.17, 15) is 13.2 Å². The van der Waals surface area contributed by atoms with Crippen molar-refractivity contribution in [3.8, 4) is 0 Å². The largest absolute Gasteiger partial charge is 0.425 e. The standard InChI is InChI=1S/C10H12F3NS.ClH/c1-14-7-3-2-6-5-15-9(8(6)4-7)10(11,12)13;/h5,7,14H,2-4H2,1H3;1H. The first-order valence-electron chi connectivity index (χ1n) is 4.86. The van der Waals surface area contributed by atoms with E-state index in [0.29, 0.717) is 12.0 Å². The van der Waals surface area contributed by atoms with Gasteiger partial charge < -0.3 is 5.32 Å². The molecule has 0 bridgehead atoms. The van der Waals surface area contributed by atoms with Gasteiger partial charge in [0.25, 0.3) is 0 Å². The molecule has 0 spiro atoms. The lowest BCUT2D eigenvalue weighted by molar-refractivity contribution is -0.135. The Balaban J connectivity index is 0.00000128. The van der Waals surface area contributed by atoms with E-state index in [0.717, 1.165) is 29.7 Å². The molecule has 1 aromatic rings. The molecule has 1 N–H and O–H groups in total. The van der Waals surface area contributed by atoms with Crippen LogP contribution in [0.15, 0.2) is 5.38 Å². The summed E-state index contributed by atoms with van der Waals surface area (Å²) in [5.41, 5.74) is 1.40. The average molecular weight is 272 g/mol. The number of rotatable bonds is 1. The van der Waals surface area contributed by atoms with Gasteiger partial charge in [0, 0.05) is 6.04 Å². The summed E-state index contributed by atoms with van der Waals surface area (Å²) >= 11 is 0.832. The number of thiophene rings is 1. The second-order valence-corrected chi connectivity index (χ2v) is 4.67. The van der Waals surface area contributed by atoms with Crippen molar-refractivity contribution in [3.63, 3.8) is 0 Å². The van der Waals surface area contributed by atoms with Crippen LogP contribution in [0.25, 0.3) is 0 Å². The second kappa shape index (κ2) is 4.94. The molecule has 0 aromatic carbocycles. The maximum Gasteiger partial charge on any atom is 0.425 e. The lowest BCUT2D eigenvalue weighted by Gasteiger charge is -2.23. The molecule has 0 saturated heterocycles. The number of hydrogen-bond donors (Lipinski definition) is 1. The minimum absolute atomic E-state index is 0. The monoisotopic (exact) mass is 271 g/mol. The first-order chi connectivity index (χ1) is 7.02.